The van der Waals surface area contributed by atoms with Crippen LogP contribution >= 0.6 is 0 Å². The zero-order chi connectivity index (χ0) is 11.4. The van der Waals surface area contributed by atoms with E-state index in [1.807, 2.05) is 0 Å². The summed E-state index contributed by atoms with van der Waals surface area (Å²) in [5.41, 5.74) is 4.59. The van der Waals surface area contributed by atoms with Gasteiger partial charge in [0.2, 0.25) is 0 Å². The standard InChI is InChI=1S/C9H6F2N4/c10-9(11)8-6(1-2-12)5(4-13)3-7(14)15-8/h3,9H,1H2,(H2,14,15). The van der Waals surface area contributed by atoms with Gasteiger partial charge in [-0.2, -0.15) is 10.5 Å². The number of alkyl halides is 2. The number of nitrogens with two attached hydrogens (primary N) is 1. The Labute approximate surface area is 84.6 Å². The first-order valence-corrected chi connectivity index (χ1v) is 3.94. The van der Waals surface area contributed by atoms with Crippen molar-refractivity contribution in [3.8, 4) is 12.1 Å². The number of anilines is 1. The average Bonchev–Trinajstić information content (AvgIpc) is 2.19. The van der Waals surface area contributed by atoms with Gasteiger partial charge >= 0.3 is 0 Å². The van der Waals surface area contributed by atoms with Crippen LogP contribution in [0.4, 0.5) is 14.6 Å². The first kappa shape index (κ1) is 10.9. The minimum Gasteiger partial charge on any atom is -0.384 e. The molecule has 0 bridgehead atoms. The van der Waals surface area contributed by atoms with Crippen molar-refractivity contribution in [1.29, 1.82) is 10.5 Å². The Kier molecular flexibility index (Phi) is 3.14. The number of halogens is 2. The van der Waals surface area contributed by atoms with Gasteiger partial charge in [0, 0.05) is 5.56 Å². The zero-order valence-electron chi connectivity index (χ0n) is 7.54. The fourth-order valence-corrected chi connectivity index (χ4v) is 1.16. The molecule has 0 fully saturated rings. The molecule has 0 aliphatic carbocycles. The van der Waals surface area contributed by atoms with Gasteiger partial charge in [-0.05, 0) is 6.07 Å². The Morgan fingerprint density at radius 3 is 2.60 bits per heavy atom. The molecule has 15 heavy (non-hydrogen) atoms. The maximum absolute atomic E-state index is 12.5. The highest BCUT2D eigenvalue weighted by Crippen LogP contribution is 2.25. The van der Waals surface area contributed by atoms with Crippen molar-refractivity contribution in [3.63, 3.8) is 0 Å². The Morgan fingerprint density at radius 2 is 2.13 bits per heavy atom. The van der Waals surface area contributed by atoms with E-state index in [1.54, 1.807) is 12.1 Å². The van der Waals surface area contributed by atoms with Crippen molar-refractivity contribution in [3.05, 3.63) is 22.9 Å². The minimum atomic E-state index is -2.84. The molecule has 0 aromatic carbocycles. The van der Waals surface area contributed by atoms with Crippen molar-refractivity contribution < 1.29 is 8.78 Å². The number of rotatable bonds is 2. The molecule has 1 rings (SSSR count). The SMILES string of the molecule is N#CCc1c(C#N)cc(N)nc1C(F)F. The molecule has 2 N–H and O–H groups in total. The Bertz CT molecular complexity index is 456. The molecule has 1 aromatic rings. The summed E-state index contributed by atoms with van der Waals surface area (Å²) in [5, 5.41) is 17.1. The van der Waals surface area contributed by atoms with Crippen LogP contribution in [0.1, 0.15) is 23.2 Å². The molecule has 0 saturated heterocycles. The van der Waals surface area contributed by atoms with Gasteiger partial charge in [0.25, 0.3) is 6.43 Å². The largest absolute Gasteiger partial charge is 0.384 e. The highest BCUT2D eigenvalue weighted by atomic mass is 19.3. The van der Waals surface area contributed by atoms with Crippen LogP contribution in [-0.4, -0.2) is 4.98 Å². The molecule has 0 atom stereocenters. The van der Waals surface area contributed by atoms with Crippen LogP contribution in [0.15, 0.2) is 6.07 Å². The van der Waals surface area contributed by atoms with E-state index < -0.39 is 12.1 Å². The average molecular weight is 208 g/mol. The molecule has 0 saturated carbocycles. The predicted octanol–water partition coefficient (Wildman–Crippen LogP) is 1.54. The van der Waals surface area contributed by atoms with E-state index >= 15 is 0 Å². The highest BCUT2D eigenvalue weighted by Gasteiger charge is 2.19. The van der Waals surface area contributed by atoms with Gasteiger partial charge in [-0.15, -0.1) is 0 Å². The number of aromatic nitrogens is 1. The Balaban J connectivity index is 3.43. The van der Waals surface area contributed by atoms with E-state index in [4.69, 9.17) is 16.3 Å². The first-order valence-electron chi connectivity index (χ1n) is 3.94. The second-order valence-electron chi connectivity index (χ2n) is 2.71. The normalized spacial score (nSPS) is 9.67. The maximum Gasteiger partial charge on any atom is 0.280 e. The van der Waals surface area contributed by atoms with Gasteiger partial charge in [-0.3, -0.25) is 0 Å². The predicted molar refractivity (Wildman–Crippen MR) is 47.6 cm³/mol. The van der Waals surface area contributed by atoms with Crippen LogP contribution in [0.2, 0.25) is 0 Å². The Morgan fingerprint density at radius 1 is 1.47 bits per heavy atom. The lowest BCUT2D eigenvalue weighted by Gasteiger charge is -2.07. The molecule has 0 amide bonds. The second kappa shape index (κ2) is 4.34. The highest BCUT2D eigenvalue weighted by molar-refractivity contribution is 5.49. The summed E-state index contributed by atoms with van der Waals surface area (Å²) in [6, 6.07) is 4.60. The molecule has 76 valence electrons. The third-order valence-electron chi connectivity index (χ3n) is 1.76. The van der Waals surface area contributed by atoms with Crippen molar-refractivity contribution in [2.75, 3.05) is 5.73 Å². The van der Waals surface area contributed by atoms with Gasteiger partial charge in [-0.25, -0.2) is 13.8 Å². The number of hydrogen-bond donors (Lipinski definition) is 1. The summed E-state index contributed by atoms with van der Waals surface area (Å²) in [4.78, 5) is 3.43. The number of nitriles is 2. The smallest absolute Gasteiger partial charge is 0.280 e. The molecule has 6 heteroatoms. The molecular weight excluding hydrogens is 202 g/mol. The molecule has 1 heterocycles. The Hall–Kier alpha value is -2.21. The van der Waals surface area contributed by atoms with E-state index in [0.717, 1.165) is 0 Å². The quantitative estimate of drug-likeness (QED) is 0.798. The molecule has 0 spiro atoms. The fraction of sp³-hybridized carbons (Fsp3) is 0.222. The van der Waals surface area contributed by atoms with Crippen LogP contribution in [0, 0.1) is 22.7 Å². The van der Waals surface area contributed by atoms with E-state index in [-0.39, 0.29) is 23.4 Å². The summed E-state index contributed by atoms with van der Waals surface area (Å²) < 4.78 is 25.0. The van der Waals surface area contributed by atoms with Crippen molar-refractivity contribution >= 4 is 5.82 Å². The lowest BCUT2D eigenvalue weighted by molar-refractivity contribution is 0.145. The summed E-state index contributed by atoms with van der Waals surface area (Å²) in [6.45, 7) is 0. The number of hydrogen-bond acceptors (Lipinski definition) is 4. The van der Waals surface area contributed by atoms with Gasteiger partial charge in [0.05, 0.1) is 24.1 Å². The second-order valence-corrected chi connectivity index (χ2v) is 2.71. The van der Waals surface area contributed by atoms with Gasteiger partial charge in [-0.1, -0.05) is 0 Å². The topological polar surface area (TPSA) is 86.5 Å². The van der Waals surface area contributed by atoms with Crippen LogP contribution in [-0.2, 0) is 6.42 Å². The van der Waals surface area contributed by atoms with E-state index in [1.165, 1.54) is 6.07 Å². The summed E-state index contributed by atoms with van der Waals surface area (Å²) in [5.74, 6) is -0.150. The monoisotopic (exact) mass is 208 g/mol. The van der Waals surface area contributed by atoms with Crippen molar-refractivity contribution in [2.24, 2.45) is 0 Å². The molecule has 0 unspecified atom stereocenters. The lowest BCUT2D eigenvalue weighted by Crippen LogP contribution is -2.04. The number of pyridine rings is 1. The van der Waals surface area contributed by atoms with Crippen molar-refractivity contribution in [1.82, 2.24) is 4.98 Å². The van der Waals surface area contributed by atoms with E-state index in [0.29, 0.717) is 0 Å². The third kappa shape index (κ3) is 2.18. The lowest BCUT2D eigenvalue weighted by atomic mass is 10.0. The molecule has 0 radical (unpaired) electrons. The molecule has 4 nitrogen and oxygen atoms in total. The zero-order valence-corrected chi connectivity index (χ0v) is 7.54. The summed E-state index contributed by atoms with van der Waals surface area (Å²) in [6.07, 6.45) is -3.13. The number of nitrogens with zero attached hydrogens (tertiary/aromatic N) is 3. The van der Waals surface area contributed by atoms with E-state index in [9.17, 15) is 8.78 Å². The summed E-state index contributed by atoms with van der Waals surface area (Å²) in [7, 11) is 0. The van der Waals surface area contributed by atoms with E-state index in [2.05, 4.69) is 4.98 Å². The van der Waals surface area contributed by atoms with Gasteiger partial charge in [0.1, 0.15) is 11.5 Å². The van der Waals surface area contributed by atoms with Crippen LogP contribution in [0.5, 0.6) is 0 Å². The first-order chi connectivity index (χ1) is 7.10. The molecular formula is C9H6F2N4. The van der Waals surface area contributed by atoms with Crippen molar-refractivity contribution in [2.45, 2.75) is 12.8 Å². The molecule has 0 aliphatic heterocycles. The van der Waals surface area contributed by atoms with Gasteiger partial charge < -0.3 is 5.73 Å². The molecule has 1 aromatic heterocycles. The van der Waals surface area contributed by atoms with Crippen LogP contribution in [0.3, 0.4) is 0 Å². The van der Waals surface area contributed by atoms with Crippen LogP contribution < -0.4 is 5.73 Å². The maximum atomic E-state index is 12.5. The third-order valence-corrected chi connectivity index (χ3v) is 1.76. The van der Waals surface area contributed by atoms with Gasteiger partial charge in [0.15, 0.2) is 0 Å². The summed E-state index contributed by atoms with van der Waals surface area (Å²) >= 11 is 0. The minimum absolute atomic E-state index is 0.0284. The van der Waals surface area contributed by atoms with Crippen LogP contribution in [0.25, 0.3) is 0 Å². The number of nitrogen functional groups attached to an aromatic ring is 1. The fourth-order valence-electron chi connectivity index (χ4n) is 1.16. The molecule has 0 aliphatic rings.